The molecule has 0 radical (unpaired) electrons. The lowest BCUT2D eigenvalue weighted by molar-refractivity contribution is 0.0939. The molecule has 1 heterocycles. The Bertz CT molecular complexity index is 800. The first kappa shape index (κ1) is 14.9. The van der Waals surface area contributed by atoms with E-state index < -0.39 is 5.82 Å². The number of nitrogens with zero attached hydrogens (tertiary/aromatic N) is 3. The summed E-state index contributed by atoms with van der Waals surface area (Å²) in [5, 5.41) is 6.91. The highest BCUT2D eigenvalue weighted by Gasteiger charge is 2.12. The van der Waals surface area contributed by atoms with E-state index in [2.05, 4.69) is 15.4 Å². The fourth-order valence-electron chi connectivity index (χ4n) is 2.25. The number of hydrogen-bond acceptors (Lipinski definition) is 3. The molecule has 5 nitrogen and oxygen atoms in total. The van der Waals surface area contributed by atoms with Crippen LogP contribution in [-0.2, 0) is 0 Å². The van der Waals surface area contributed by atoms with Crippen molar-refractivity contribution in [3.63, 3.8) is 0 Å². The molecule has 1 amide bonds. The molecule has 6 heteroatoms. The highest BCUT2D eigenvalue weighted by atomic mass is 19.1. The molecule has 1 N–H and O–H groups in total. The molecule has 0 aliphatic rings. The topological polar surface area (TPSA) is 59.8 Å². The van der Waals surface area contributed by atoms with E-state index in [1.54, 1.807) is 17.1 Å². The van der Waals surface area contributed by atoms with Crippen molar-refractivity contribution in [1.29, 1.82) is 0 Å². The standard InChI is InChI=1S/C17H15FN4O/c1-12(21-17(23)14-3-2-4-15(18)9-14)13-5-7-16(8-6-13)22-11-19-10-20-22/h2-12H,1H3,(H,21,23)/t12-/m1/s1. The predicted molar refractivity (Wildman–Crippen MR) is 83.6 cm³/mol. The van der Waals surface area contributed by atoms with Gasteiger partial charge in [0.2, 0.25) is 0 Å². The molecule has 1 atom stereocenters. The Labute approximate surface area is 132 Å². The third-order valence-corrected chi connectivity index (χ3v) is 3.51. The van der Waals surface area contributed by atoms with Crippen molar-refractivity contribution in [2.75, 3.05) is 0 Å². The number of carbonyl (C=O) groups excluding carboxylic acids is 1. The lowest BCUT2D eigenvalue weighted by Crippen LogP contribution is -2.26. The van der Waals surface area contributed by atoms with Crippen molar-refractivity contribution in [2.24, 2.45) is 0 Å². The van der Waals surface area contributed by atoms with E-state index in [0.29, 0.717) is 5.56 Å². The van der Waals surface area contributed by atoms with E-state index >= 15 is 0 Å². The number of aromatic nitrogens is 3. The van der Waals surface area contributed by atoms with Gasteiger partial charge in [0.25, 0.3) is 5.91 Å². The minimum absolute atomic E-state index is 0.199. The predicted octanol–water partition coefficient (Wildman–Crippen LogP) is 2.90. The number of halogens is 1. The zero-order valence-corrected chi connectivity index (χ0v) is 12.5. The van der Waals surface area contributed by atoms with Crippen molar-refractivity contribution >= 4 is 5.91 Å². The summed E-state index contributed by atoms with van der Waals surface area (Å²) in [5.74, 6) is -0.736. The van der Waals surface area contributed by atoms with Crippen molar-refractivity contribution in [3.8, 4) is 5.69 Å². The van der Waals surface area contributed by atoms with Gasteiger partial charge >= 0.3 is 0 Å². The molecule has 0 saturated heterocycles. The molecule has 3 rings (SSSR count). The molecule has 0 unspecified atom stereocenters. The van der Waals surface area contributed by atoms with E-state index in [9.17, 15) is 9.18 Å². The van der Waals surface area contributed by atoms with E-state index in [4.69, 9.17) is 0 Å². The maximum atomic E-state index is 13.2. The van der Waals surface area contributed by atoms with Crippen LogP contribution in [0.15, 0.2) is 61.2 Å². The van der Waals surface area contributed by atoms with Crippen LogP contribution in [0.1, 0.15) is 28.9 Å². The van der Waals surface area contributed by atoms with Crippen LogP contribution in [0.25, 0.3) is 5.69 Å². The third kappa shape index (κ3) is 3.42. The average Bonchev–Trinajstić information content (AvgIpc) is 3.09. The molecule has 3 aromatic rings. The number of carbonyl (C=O) groups is 1. The quantitative estimate of drug-likeness (QED) is 0.806. The average molecular weight is 310 g/mol. The summed E-state index contributed by atoms with van der Waals surface area (Å²) in [6.07, 6.45) is 3.08. The Morgan fingerprint density at radius 3 is 2.65 bits per heavy atom. The van der Waals surface area contributed by atoms with Gasteiger partial charge in [-0.2, -0.15) is 5.10 Å². The van der Waals surface area contributed by atoms with E-state index in [-0.39, 0.29) is 11.9 Å². The van der Waals surface area contributed by atoms with E-state index in [1.165, 1.54) is 24.5 Å². The highest BCUT2D eigenvalue weighted by molar-refractivity contribution is 5.94. The van der Waals surface area contributed by atoms with Crippen molar-refractivity contribution in [3.05, 3.63) is 78.1 Å². The molecule has 116 valence electrons. The first-order valence-corrected chi connectivity index (χ1v) is 7.15. The summed E-state index contributed by atoms with van der Waals surface area (Å²) in [5.41, 5.74) is 2.13. The lowest BCUT2D eigenvalue weighted by atomic mass is 10.1. The van der Waals surface area contributed by atoms with Gasteiger partial charge in [-0.1, -0.05) is 18.2 Å². The Kier molecular flexibility index (Phi) is 4.14. The van der Waals surface area contributed by atoms with E-state index in [0.717, 1.165) is 11.3 Å². The maximum Gasteiger partial charge on any atom is 0.251 e. The smallest absolute Gasteiger partial charge is 0.251 e. The molecular formula is C17H15FN4O. The van der Waals surface area contributed by atoms with Gasteiger partial charge < -0.3 is 5.32 Å². The molecule has 0 aliphatic heterocycles. The van der Waals surface area contributed by atoms with Gasteiger partial charge in [0, 0.05) is 5.56 Å². The molecule has 0 bridgehead atoms. The Hall–Kier alpha value is -3.02. The van der Waals surface area contributed by atoms with E-state index in [1.807, 2.05) is 31.2 Å². The second kappa shape index (κ2) is 6.39. The number of benzene rings is 2. The van der Waals surface area contributed by atoms with Gasteiger partial charge in [-0.25, -0.2) is 14.1 Å². The SMILES string of the molecule is C[C@@H](NC(=O)c1cccc(F)c1)c1ccc(-n2cncn2)cc1. The van der Waals surface area contributed by atoms with Crippen LogP contribution in [0, 0.1) is 5.82 Å². The van der Waals surface area contributed by atoms with Crippen LogP contribution in [0.5, 0.6) is 0 Å². The van der Waals surface area contributed by atoms with Crippen molar-refractivity contribution in [1.82, 2.24) is 20.1 Å². The summed E-state index contributed by atoms with van der Waals surface area (Å²) in [4.78, 5) is 16.0. The van der Waals surface area contributed by atoms with Gasteiger partial charge in [-0.15, -0.1) is 0 Å². The largest absolute Gasteiger partial charge is 0.346 e. The lowest BCUT2D eigenvalue weighted by Gasteiger charge is -2.15. The number of rotatable bonds is 4. The Morgan fingerprint density at radius 1 is 1.22 bits per heavy atom. The number of nitrogens with one attached hydrogen (secondary N) is 1. The maximum absolute atomic E-state index is 13.2. The molecule has 0 saturated carbocycles. The van der Waals surface area contributed by atoms with Gasteiger partial charge in [0.05, 0.1) is 11.7 Å². The Balaban J connectivity index is 1.70. The third-order valence-electron chi connectivity index (χ3n) is 3.51. The minimum Gasteiger partial charge on any atom is -0.346 e. The number of hydrogen-bond donors (Lipinski definition) is 1. The normalized spacial score (nSPS) is 11.9. The minimum atomic E-state index is -0.428. The molecule has 2 aromatic carbocycles. The summed E-state index contributed by atoms with van der Waals surface area (Å²) in [6.45, 7) is 1.88. The molecule has 1 aromatic heterocycles. The summed E-state index contributed by atoms with van der Waals surface area (Å²) < 4.78 is 14.8. The summed E-state index contributed by atoms with van der Waals surface area (Å²) in [6, 6.07) is 13.0. The zero-order valence-electron chi connectivity index (χ0n) is 12.5. The van der Waals surface area contributed by atoms with Crippen LogP contribution in [0.3, 0.4) is 0 Å². The van der Waals surface area contributed by atoms with Gasteiger partial charge in [0.15, 0.2) is 0 Å². The summed E-state index contributed by atoms with van der Waals surface area (Å²) in [7, 11) is 0. The van der Waals surface area contributed by atoms with Gasteiger partial charge in [0.1, 0.15) is 18.5 Å². The molecular weight excluding hydrogens is 295 g/mol. The van der Waals surface area contributed by atoms with Crippen LogP contribution in [0.2, 0.25) is 0 Å². The second-order valence-electron chi connectivity index (χ2n) is 5.14. The van der Waals surface area contributed by atoms with Crippen molar-refractivity contribution in [2.45, 2.75) is 13.0 Å². The van der Waals surface area contributed by atoms with Crippen molar-refractivity contribution < 1.29 is 9.18 Å². The monoisotopic (exact) mass is 310 g/mol. The van der Waals surface area contributed by atoms with Gasteiger partial charge in [-0.3, -0.25) is 4.79 Å². The summed E-state index contributed by atoms with van der Waals surface area (Å²) >= 11 is 0. The van der Waals surface area contributed by atoms with Crippen LogP contribution in [0.4, 0.5) is 4.39 Å². The molecule has 23 heavy (non-hydrogen) atoms. The molecule has 0 aliphatic carbocycles. The van der Waals surface area contributed by atoms with Crippen LogP contribution in [-0.4, -0.2) is 20.7 Å². The second-order valence-corrected chi connectivity index (χ2v) is 5.14. The number of amides is 1. The Morgan fingerprint density at radius 2 is 2.00 bits per heavy atom. The highest BCUT2D eigenvalue weighted by Crippen LogP contribution is 2.16. The van der Waals surface area contributed by atoms with Crippen LogP contribution >= 0.6 is 0 Å². The van der Waals surface area contributed by atoms with Gasteiger partial charge in [-0.05, 0) is 42.8 Å². The van der Waals surface area contributed by atoms with Crippen LogP contribution < -0.4 is 5.32 Å². The fourth-order valence-corrected chi connectivity index (χ4v) is 2.25. The first-order chi connectivity index (χ1) is 11.1. The first-order valence-electron chi connectivity index (χ1n) is 7.15. The molecule has 0 fully saturated rings. The fraction of sp³-hybridized carbons (Fsp3) is 0.118. The molecule has 0 spiro atoms. The zero-order chi connectivity index (χ0) is 16.2.